The highest BCUT2D eigenvalue weighted by Crippen LogP contribution is 2.37. The first-order valence-electron chi connectivity index (χ1n) is 8.19. The zero-order valence-corrected chi connectivity index (χ0v) is 14.2. The van der Waals surface area contributed by atoms with Crippen molar-refractivity contribution in [1.82, 2.24) is 10.6 Å². The lowest BCUT2D eigenvalue weighted by atomic mass is 9.75. The monoisotopic (exact) mass is 336 g/mol. The minimum atomic E-state index is -3.43. The number of hydrogen-bond acceptors (Lipinski definition) is 4. The highest BCUT2D eigenvalue weighted by molar-refractivity contribution is 7.92. The second-order valence-corrected chi connectivity index (χ2v) is 9.09. The molecule has 1 aromatic carbocycles. The van der Waals surface area contributed by atoms with Crippen LogP contribution >= 0.6 is 0 Å². The summed E-state index contributed by atoms with van der Waals surface area (Å²) in [7, 11) is -3.43. The molecule has 1 aromatic rings. The lowest BCUT2D eigenvalue weighted by Crippen LogP contribution is -2.60. The maximum Gasteiger partial charge on any atom is 0.241 e. The van der Waals surface area contributed by atoms with Gasteiger partial charge in [0.15, 0.2) is 14.6 Å². The molecule has 2 N–H and O–H groups in total. The molecule has 6 heteroatoms. The molecule has 1 saturated carbocycles. The minimum absolute atomic E-state index is 0.0845. The van der Waals surface area contributed by atoms with Crippen molar-refractivity contribution < 1.29 is 13.2 Å². The van der Waals surface area contributed by atoms with Gasteiger partial charge in [0.1, 0.15) is 0 Å². The van der Waals surface area contributed by atoms with Crippen LogP contribution in [0.4, 0.5) is 0 Å². The van der Waals surface area contributed by atoms with E-state index in [9.17, 15) is 13.2 Å². The largest absolute Gasteiger partial charge is 0.352 e. The molecule has 0 unspecified atom stereocenters. The van der Waals surface area contributed by atoms with Crippen molar-refractivity contribution in [3.63, 3.8) is 0 Å². The highest BCUT2D eigenvalue weighted by atomic mass is 32.2. The Morgan fingerprint density at radius 1 is 1.17 bits per heavy atom. The third-order valence-electron chi connectivity index (χ3n) is 5.28. The molecule has 0 spiro atoms. The van der Waals surface area contributed by atoms with Gasteiger partial charge in [0, 0.05) is 12.3 Å². The van der Waals surface area contributed by atoms with Crippen molar-refractivity contribution in [3.05, 3.63) is 35.9 Å². The first kappa shape index (κ1) is 16.5. The highest BCUT2D eigenvalue weighted by Gasteiger charge is 2.49. The maximum absolute atomic E-state index is 12.7. The van der Waals surface area contributed by atoms with Crippen LogP contribution in [0.2, 0.25) is 0 Å². The lowest BCUT2D eigenvalue weighted by Gasteiger charge is -2.40. The van der Waals surface area contributed by atoms with Gasteiger partial charge in [0.05, 0.1) is 0 Å². The molecule has 2 aliphatic rings. The van der Waals surface area contributed by atoms with Crippen molar-refractivity contribution in [2.75, 3.05) is 19.3 Å². The number of carbonyl (C=O) groups is 1. The van der Waals surface area contributed by atoms with E-state index in [2.05, 4.69) is 22.8 Å². The van der Waals surface area contributed by atoms with Gasteiger partial charge >= 0.3 is 0 Å². The van der Waals surface area contributed by atoms with Crippen LogP contribution in [0.15, 0.2) is 30.3 Å². The standard InChI is InChI=1S/C17H24N2O3S/c1-23(21,22)17(7-9-18-10-8-17)16(20)19-15-11-14(12-15)13-5-3-2-4-6-13/h2-6,14-15,18H,7-12H2,1H3,(H,19,20). The van der Waals surface area contributed by atoms with Gasteiger partial charge in [-0.3, -0.25) is 4.79 Å². The van der Waals surface area contributed by atoms with Crippen LogP contribution < -0.4 is 10.6 Å². The Balaban J connectivity index is 1.63. The average Bonchev–Trinajstić information content (AvgIpc) is 2.50. The smallest absolute Gasteiger partial charge is 0.241 e. The van der Waals surface area contributed by atoms with Gasteiger partial charge < -0.3 is 10.6 Å². The number of carbonyl (C=O) groups excluding carboxylic acids is 1. The summed E-state index contributed by atoms with van der Waals surface area (Å²) in [5, 5.41) is 6.12. The van der Waals surface area contributed by atoms with Gasteiger partial charge in [-0.15, -0.1) is 0 Å². The van der Waals surface area contributed by atoms with Crippen LogP contribution in [0.1, 0.15) is 37.2 Å². The molecule has 1 saturated heterocycles. The number of piperidine rings is 1. The Labute approximate surface area is 137 Å². The molecule has 1 aliphatic carbocycles. The molecule has 126 valence electrons. The van der Waals surface area contributed by atoms with E-state index in [1.807, 2.05) is 18.2 Å². The zero-order valence-electron chi connectivity index (χ0n) is 13.4. The molecule has 0 atom stereocenters. The van der Waals surface area contributed by atoms with Crippen molar-refractivity contribution in [3.8, 4) is 0 Å². The molecule has 2 fully saturated rings. The Kier molecular flexibility index (Phi) is 4.47. The van der Waals surface area contributed by atoms with Crippen LogP contribution in [0.25, 0.3) is 0 Å². The number of hydrogen-bond donors (Lipinski definition) is 2. The predicted molar refractivity (Wildman–Crippen MR) is 90.0 cm³/mol. The summed E-state index contributed by atoms with van der Waals surface area (Å²) in [5.74, 6) is 0.154. The molecule has 1 amide bonds. The van der Waals surface area contributed by atoms with E-state index in [1.54, 1.807) is 0 Å². The molecule has 3 rings (SSSR count). The van der Waals surface area contributed by atoms with Gasteiger partial charge in [-0.25, -0.2) is 8.42 Å². The number of nitrogens with one attached hydrogen (secondary N) is 2. The summed E-state index contributed by atoms with van der Waals surface area (Å²) in [6.45, 7) is 1.13. The molecule has 5 nitrogen and oxygen atoms in total. The van der Waals surface area contributed by atoms with Crippen LogP contribution in [0.3, 0.4) is 0 Å². The number of amides is 1. The average molecular weight is 336 g/mol. The van der Waals surface area contributed by atoms with Crippen LogP contribution in [0.5, 0.6) is 0 Å². The van der Waals surface area contributed by atoms with Crippen LogP contribution in [-0.4, -0.2) is 44.5 Å². The van der Waals surface area contributed by atoms with Gasteiger partial charge in [-0.2, -0.15) is 0 Å². The fourth-order valence-electron chi connectivity index (χ4n) is 3.65. The van der Waals surface area contributed by atoms with E-state index in [-0.39, 0.29) is 11.9 Å². The van der Waals surface area contributed by atoms with E-state index < -0.39 is 14.6 Å². The summed E-state index contributed by atoms with van der Waals surface area (Å²) >= 11 is 0. The predicted octanol–water partition coefficient (Wildman–Crippen LogP) is 1.22. The van der Waals surface area contributed by atoms with E-state index in [0.29, 0.717) is 31.8 Å². The second-order valence-electron chi connectivity index (χ2n) is 6.77. The Morgan fingerprint density at radius 3 is 2.35 bits per heavy atom. The van der Waals surface area contributed by atoms with Gasteiger partial charge in [0.25, 0.3) is 0 Å². The summed E-state index contributed by atoms with van der Waals surface area (Å²) in [4.78, 5) is 12.7. The van der Waals surface area contributed by atoms with E-state index in [1.165, 1.54) is 11.8 Å². The molecular weight excluding hydrogens is 312 g/mol. The molecular formula is C17H24N2O3S. The van der Waals surface area contributed by atoms with Crippen LogP contribution in [-0.2, 0) is 14.6 Å². The second kappa shape index (κ2) is 6.24. The normalized spacial score (nSPS) is 27.0. The molecule has 0 radical (unpaired) electrons. The Hall–Kier alpha value is -1.40. The van der Waals surface area contributed by atoms with E-state index >= 15 is 0 Å². The molecule has 1 heterocycles. The third-order valence-corrected chi connectivity index (χ3v) is 7.29. The molecule has 1 aliphatic heterocycles. The fraction of sp³-hybridized carbons (Fsp3) is 0.588. The number of sulfone groups is 1. The van der Waals surface area contributed by atoms with Crippen molar-refractivity contribution in [2.45, 2.75) is 42.4 Å². The first-order valence-corrected chi connectivity index (χ1v) is 10.1. The lowest BCUT2D eigenvalue weighted by molar-refractivity contribution is -0.125. The van der Waals surface area contributed by atoms with Gasteiger partial charge in [0.2, 0.25) is 5.91 Å². The van der Waals surface area contributed by atoms with Crippen molar-refractivity contribution in [1.29, 1.82) is 0 Å². The molecule has 0 aromatic heterocycles. The van der Waals surface area contributed by atoms with Gasteiger partial charge in [-0.1, -0.05) is 30.3 Å². The molecule has 0 bridgehead atoms. The Morgan fingerprint density at radius 2 is 1.78 bits per heavy atom. The van der Waals surface area contributed by atoms with E-state index in [0.717, 1.165) is 12.8 Å². The number of benzene rings is 1. The summed E-state index contributed by atoms with van der Waals surface area (Å²) in [6.07, 6.45) is 3.66. The van der Waals surface area contributed by atoms with Gasteiger partial charge in [-0.05, 0) is 50.3 Å². The fourth-order valence-corrected chi connectivity index (χ4v) is 4.99. The van der Waals surface area contributed by atoms with E-state index in [4.69, 9.17) is 0 Å². The third kappa shape index (κ3) is 3.15. The molecule has 23 heavy (non-hydrogen) atoms. The van der Waals surface area contributed by atoms with Crippen molar-refractivity contribution in [2.24, 2.45) is 0 Å². The zero-order chi connectivity index (χ0) is 16.5. The van der Waals surface area contributed by atoms with Crippen LogP contribution in [0, 0.1) is 0 Å². The quantitative estimate of drug-likeness (QED) is 0.867. The minimum Gasteiger partial charge on any atom is -0.352 e. The summed E-state index contributed by atoms with van der Waals surface area (Å²) in [6, 6.07) is 10.3. The summed E-state index contributed by atoms with van der Waals surface area (Å²) in [5.41, 5.74) is 1.29. The SMILES string of the molecule is CS(=O)(=O)C1(C(=O)NC2CC(c3ccccc3)C2)CCNCC1. The summed E-state index contributed by atoms with van der Waals surface area (Å²) < 4.78 is 23.2. The topological polar surface area (TPSA) is 75.3 Å². The van der Waals surface area contributed by atoms with Crippen molar-refractivity contribution >= 4 is 15.7 Å². The Bertz CT molecular complexity index is 660. The number of rotatable bonds is 4. The first-order chi connectivity index (χ1) is 10.9. The maximum atomic E-state index is 12.7.